The molecule has 8 heteroatoms. The fourth-order valence-electron chi connectivity index (χ4n) is 3.55. The molecule has 2 fully saturated rings. The molecular formula is C18H23N3O4S. The fourth-order valence-corrected chi connectivity index (χ4v) is 4.42. The van der Waals surface area contributed by atoms with E-state index < -0.39 is 11.6 Å². The van der Waals surface area contributed by atoms with Crippen molar-refractivity contribution in [1.29, 1.82) is 0 Å². The third kappa shape index (κ3) is 3.80. The molecule has 1 saturated carbocycles. The highest BCUT2D eigenvalue weighted by Crippen LogP contribution is 2.33. The Morgan fingerprint density at radius 3 is 2.54 bits per heavy atom. The van der Waals surface area contributed by atoms with E-state index in [4.69, 9.17) is 0 Å². The number of ketones is 1. The van der Waals surface area contributed by atoms with Gasteiger partial charge in [0, 0.05) is 11.8 Å². The van der Waals surface area contributed by atoms with Gasteiger partial charge >= 0.3 is 6.03 Å². The molecule has 1 saturated heterocycles. The van der Waals surface area contributed by atoms with Gasteiger partial charge in [0.25, 0.3) is 5.91 Å². The van der Waals surface area contributed by atoms with Crippen molar-refractivity contribution in [3.63, 3.8) is 0 Å². The zero-order chi connectivity index (χ0) is 18.7. The van der Waals surface area contributed by atoms with Gasteiger partial charge < -0.3 is 10.6 Å². The first-order valence-electron chi connectivity index (χ1n) is 8.92. The third-order valence-electron chi connectivity index (χ3n) is 4.95. The summed E-state index contributed by atoms with van der Waals surface area (Å²) in [7, 11) is 0. The van der Waals surface area contributed by atoms with E-state index in [-0.39, 0.29) is 24.1 Å². The van der Waals surface area contributed by atoms with Crippen molar-refractivity contribution in [2.75, 3.05) is 6.54 Å². The Morgan fingerprint density at radius 1 is 1.19 bits per heavy atom. The van der Waals surface area contributed by atoms with Crippen molar-refractivity contribution in [2.45, 2.75) is 57.5 Å². The molecule has 2 N–H and O–H groups in total. The van der Waals surface area contributed by atoms with E-state index in [2.05, 4.69) is 10.6 Å². The van der Waals surface area contributed by atoms with Gasteiger partial charge in [-0.25, -0.2) is 4.79 Å². The van der Waals surface area contributed by atoms with Gasteiger partial charge in [-0.15, -0.1) is 11.3 Å². The van der Waals surface area contributed by atoms with Gasteiger partial charge in [-0.2, -0.15) is 0 Å². The number of carbonyl (C=O) groups is 4. The highest BCUT2D eigenvalue weighted by atomic mass is 32.1. The number of rotatable bonds is 5. The van der Waals surface area contributed by atoms with Gasteiger partial charge in [-0.1, -0.05) is 25.7 Å². The van der Waals surface area contributed by atoms with Gasteiger partial charge in [0.15, 0.2) is 5.78 Å². The SMILES string of the molecule is CC(=O)NCc1ccc(C(=O)CN2C(=O)NC3(CCCCCC3)C2=O)s1. The topological polar surface area (TPSA) is 95.6 Å². The van der Waals surface area contributed by atoms with Crippen molar-refractivity contribution in [3.8, 4) is 0 Å². The Labute approximate surface area is 156 Å². The maximum absolute atomic E-state index is 12.8. The van der Waals surface area contributed by atoms with E-state index in [1.54, 1.807) is 12.1 Å². The number of carbonyl (C=O) groups excluding carboxylic acids is 4. The standard InChI is InChI=1S/C18H23N3O4S/c1-12(22)19-10-13-6-7-15(26-13)14(23)11-21-16(24)18(20-17(21)25)8-4-2-3-5-9-18/h6-7H,2-5,8-11H2,1H3,(H,19,22)(H,20,25). The second-order valence-electron chi connectivity index (χ2n) is 6.92. The summed E-state index contributed by atoms with van der Waals surface area (Å²) in [6.07, 6.45) is 5.23. The molecule has 140 valence electrons. The normalized spacial score (nSPS) is 19.3. The molecule has 0 atom stereocenters. The van der Waals surface area contributed by atoms with Crippen molar-refractivity contribution in [1.82, 2.24) is 15.5 Å². The van der Waals surface area contributed by atoms with E-state index in [0.717, 1.165) is 35.5 Å². The lowest BCUT2D eigenvalue weighted by Gasteiger charge is -2.24. The molecule has 1 spiro atoms. The molecule has 0 radical (unpaired) electrons. The Morgan fingerprint density at radius 2 is 1.88 bits per heavy atom. The van der Waals surface area contributed by atoms with Crippen LogP contribution in [-0.2, 0) is 16.1 Å². The quantitative estimate of drug-likeness (QED) is 0.607. The van der Waals surface area contributed by atoms with Crippen LogP contribution >= 0.6 is 11.3 Å². The summed E-state index contributed by atoms with van der Waals surface area (Å²) in [5, 5.41) is 5.52. The Bertz CT molecular complexity index is 735. The van der Waals surface area contributed by atoms with Crippen molar-refractivity contribution < 1.29 is 19.2 Å². The number of hydrogen-bond donors (Lipinski definition) is 2. The molecule has 7 nitrogen and oxygen atoms in total. The zero-order valence-corrected chi connectivity index (χ0v) is 15.6. The van der Waals surface area contributed by atoms with Crippen LogP contribution in [-0.4, -0.2) is 40.6 Å². The van der Waals surface area contributed by atoms with Crippen LogP contribution in [0.3, 0.4) is 0 Å². The summed E-state index contributed by atoms with van der Waals surface area (Å²) in [5.74, 6) is -0.676. The van der Waals surface area contributed by atoms with Crippen molar-refractivity contribution in [2.24, 2.45) is 0 Å². The maximum Gasteiger partial charge on any atom is 0.325 e. The van der Waals surface area contributed by atoms with Crippen LogP contribution in [0, 0.1) is 0 Å². The molecule has 0 bridgehead atoms. The zero-order valence-electron chi connectivity index (χ0n) is 14.8. The van der Waals surface area contributed by atoms with E-state index >= 15 is 0 Å². The van der Waals surface area contributed by atoms with Crippen LogP contribution in [0.25, 0.3) is 0 Å². The average molecular weight is 377 g/mol. The number of urea groups is 1. The van der Waals surface area contributed by atoms with Gasteiger partial charge in [0.1, 0.15) is 5.54 Å². The summed E-state index contributed by atoms with van der Waals surface area (Å²) in [5.41, 5.74) is -0.820. The second kappa shape index (κ2) is 7.57. The number of amides is 4. The highest BCUT2D eigenvalue weighted by Gasteiger charge is 2.51. The molecule has 1 aliphatic heterocycles. The molecule has 0 aromatic carbocycles. The summed E-state index contributed by atoms with van der Waals surface area (Å²) in [4.78, 5) is 51.0. The fraction of sp³-hybridized carbons (Fsp3) is 0.556. The lowest BCUT2D eigenvalue weighted by Crippen LogP contribution is -2.46. The Kier molecular flexibility index (Phi) is 5.41. The van der Waals surface area contributed by atoms with Crippen LogP contribution in [0.4, 0.5) is 4.79 Å². The van der Waals surface area contributed by atoms with Crippen LogP contribution in [0.1, 0.15) is 60.0 Å². The first-order valence-corrected chi connectivity index (χ1v) is 9.73. The van der Waals surface area contributed by atoms with E-state index in [1.165, 1.54) is 18.3 Å². The van der Waals surface area contributed by atoms with Gasteiger partial charge in [-0.3, -0.25) is 19.3 Å². The number of nitrogens with zero attached hydrogens (tertiary/aromatic N) is 1. The van der Waals surface area contributed by atoms with E-state index in [1.807, 2.05) is 0 Å². The number of nitrogens with one attached hydrogen (secondary N) is 2. The average Bonchev–Trinajstić information content (AvgIpc) is 3.06. The van der Waals surface area contributed by atoms with Crippen molar-refractivity contribution in [3.05, 3.63) is 21.9 Å². The van der Waals surface area contributed by atoms with Crippen molar-refractivity contribution >= 4 is 35.0 Å². The molecule has 2 heterocycles. The molecule has 2 aliphatic rings. The second-order valence-corrected chi connectivity index (χ2v) is 8.08. The van der Waals surface area contributed by atoms with Crippen LogP contribution in [0.5, 0.6) is 0 Å². The molecule has 0 unspecified atom stereocenters. The molecule has 1 aliphatic carbocycles. The lowest BCUT2D eigenvalue weighted by molar-refractivity contribution is -0.131. The minimum atomic E-state index is -0.820. The van der Waals surface area contributed by atoms with Crippen LogP contribution in [0.15, 0.2) is 12.1 Å². The van der Waals surface area contributed by atoms with E-state index in [0.29, 0.717) is 24.3 Å². The number of Topliss-reactive ketones (excluding diaryl/α,β-unsaturated/α-hetero) is 1. The Hall–Kier alpha value is -2.22. The number of hydrogen-bond acceptors (Lipinski definition) is 5. The molecule has 1 aromatic rings. The number of imide groups is 1. The monoisotopic (exact) mass is 377 g/mol. The number of thiophene rings is 1. The molecule has 4 amide bonds. The smallest absolute Gasteiger partial charge is 0.325 e. The summed E-state index contributed by atoms with van der Waals surface area (Å²) < 4.78 is 0. The largest absolute Gasteiger partial charge is 0.351 e. The molecule has 26 heavy (non-hydrogen) atoms. The molecule has 1 aromatic heterocycles. The molecular weight excluding hydrogens is 354 g/mol. The van der Waals surface area contributed by atoms with Crippen LogP contribution in [0.2, 0.25) is 0 Å². The summed E-state index contributed by atoms with van der Waals surface area (Å²) >= 11 is 1.27. The minimum absolute atomic E-state index is 0.140. The highest BCUT2D eigenvalue weighted by molar-refractivity contribution is 7.14. The Balaban J connectivity index is 1.66. The first kappa shape index (κ1) is 18.6. The van der Waals surface area contributed by atoms with Gasteiger partial charge in [-0.05, 0) is 25.0 Å². The predicted molar refractivity (Wildman–Crippen MR) is 96.8 cm³/mol. The first-order chi connectivity index (χ1) is 12.4. The summed E-state index contributed by atoms with van der Waals surface area (Å²) in [6.45, 7) is 1.55. The lowest BCUT2D eigenvalue weighted by atomic mass is 9.90. The third-order valence-corrected chi connectivity index (χ3v) is 6.08. The van der Waals surface area contributed by atoms with E-state index in [9.17, 15) is 19.2 Å². The predicted octanol–water partition coefficient (Wildman–Crippen LogP) is 2.21. The van der Waals surface area contributed by atoms with Gasteiger partial charge in [0.2, 0.25) is 5.91 Å². The van der Waals surface area contributed by atoms with Gasteiger partial charge in [0.05, 0.1) is 18.0 Å². The minimum Gasteiger partial charge on any atom is -0.351 e. The molecule has 3 rings (SSSR count). The van der Waals surface area contributed by atoms with Crippen LogP contribution < -0.4 is 10.6 Å². The maximum atomic E-state index is 12.8. The summed E-state index contributed by atoms with van der Waals surface area (Å²) in [6, 6.07) is 2.97.